The van der Waals surface area contributed by atoms with Crippen LogP contribution in [0.25, 0.3) is 0 Å². The summed E-state index contributed by atoms with van der Waals surface area (Å²) in [6.45, 7) is 2.58. The SMILES string of the molecule is CN=C(NCCSc1ccc(F)cc1)NCC1(CCOC)CCC1.I. The number of benzene rings is 1. The maximum Gasteiger partial charge on any atom is 0.191 e. The molecule has 1 fully saturated rings. The summed E-state index contributed by atoms with van der Waals surface area (Å²) in [6, 6.07) is 6.61. The number of ether oxygens (including phenoxy) is 1. The van der Waals surface area contributed by atoms with Crippen LogP contribution in [-0.4, -0.2) is 45.6 Å². The van der Waals surface area contributed by atoms with E-state index in [-0.39, 0.29) is 29.8 Å². The molecule has 0 amide bonds. The zero-order valence-corrected chi connectivity index (χ0v) is 18.2. The van der Waals surface area contributed by atoms with Crippen LogP contribution in [0.15, 0.2) is 34.2 Å². The minimum atomic E-state index is -0.194. The lowest BCUT2D eigenvalue weighted by atomic mass is 9.67. The Morgan fingerprint density at radius 2 is 2.00 bits per heavy atom. The first kappa shape index (κ1) is 22.5. The first-order chi connectivity index (χ1) is 11.7. The highest BCUT2D eigenvalue weighted by Gasteiger charge is 2.36. The number of nitrogens with one attached hydrogen (secondary N) is 2. The van der Waals surface area contributed by atoms with Gasteiger partial charge in [0.25, 0.3) is 0 Å². The average molecular weight is 481 g/mol. The number of halogens is 2. The fourth-order valence-corrected chi connectivity index (χ4v) is 3.64. The highest BCUT2D eigenvalue weighted by Crippen LogP contribution is 2.43. The second-order valence-electron chi connectivity index (χ2n) is 6.25. The Hall–Kier alpha value is -0.540. The second-order valence-corrected chi connectivity index (χ2v) is 7.42. The predicted octanol–water partition coefficient (Wildman–Crippen LogP) is 3.91. The van der Waals surface area contributed by atoms with E-state index in [9.17, 15) is 4.39 Å². The Morgan fingerprint density at radius 3 is 2.56 bits per heavy atom. The van der Waals surface area contributed by atoms with E-state index in [0.29, 0.717) is 5.41 Å². The number of aliphatic imine (C=N–C) groups is 1. The van der Waals surface area contributed by atoms with Gasteiger partial charge in [-0.2, -0.15) is 0 Å². The molecule has 1 aromatic carbocycles. The summed E-state index contributed by atoms with van der Waals surface area (Å²) in [5, 5.41) is 6.79. The first-order valence-electron chi connectivity index (χ1n) is 8.49. The lowest BCUT2D eigenvalue weighted by molar-refractivity contribution is 0.0733. The van der Waals surface area contributed by atoms with Gasteiger partial charge < -0.3 is 15.4 Å². The van der Waals surface area contributed by atoms with Crippen molar-refractivity contribution in [3.63, 3.8) is 0 Å². The van der Waals surface area contributed by atoms with Crippen molar-refractivity contribution in [2.24, 2.45) is 10.4 Å². The lowest BCUT2D eigenvalue weighted by Crippen LogP contribution is -2.47. The molecule has 0 radical (unpaired) electrons. The van der Waals surface area contributed by atoms with Crippen LogP contribution in [0.4, 0.5) is 4.39 Å². The summed E-state index contributed by atoms with van der Waals surface area (Å²) < 4.78 is 18.1. The summed E-state index contributed by atoms with van der Waals surface area (Å²) >= 11 is 1.70. The minimum absolute atomic E-state index is 0. The molecule has 0 saturated heterocycles. The highest BCUT2D eigenvalue weighted by atomic mass is 127. The monoisotopic (exact) mass is 481 g/mol. The second kappa shape index (κ2) is 12.0. The predicted molar refractivity (Wildman–Crippen MR) is 115 cm³/mol. The maximum absolute atomic E-state index is 12.9. The third kappa shape index (κ3) is 7.70. The fourth-order valence-electron chi connectivity index (χ4n) is 2.87. The number of hydrogen-bond donors (Lipinski definition) is 2. The summed E-state index contributed by atoms with van der Waals surface area (Å²) in [5.41, 5.74) is 0.372. The van der Waals surface area contributed by atoms with Crippen LogP contribution >= 0.6 is 35.7 Å². The van der Waals surface area contributed by atoms with Crippen LogP contribution in [0.5, 0.6) is 0 Å². The van der Waals surface area contributed by atoms with E-state index in [4.69, 9.17) is 4.74 Å². The molecule has 0 heterocycles. The Balaban J connectivity index is 0.00000312. The number of methoxy groups -OCH3 is 1. The first-order valence-corrected chi connectivity index (χ1v) is 9.48. The van der Waals surface area contributed by atoms with E-state index in [1.54, 1.807) is 25.9 Å². The van der Waals surface area contributed by atoms with Gasteiger partial charge >= 0.3 is 0 Å². The van der Waals surface area contributed by atoms with Gasteiger partial charge in [-0.15, -0.1) is 35.7 Å². The number of rotatable bonds is 9. The molecule has 2 N–H and O–H groups in total. The van der Waals surface area contributed by atoms with E-state index in [2.05, 4.69) is 15.6 Å². The molecule has 0 aromatic heterocycles. The topological polar surface area (TPSA) is 45.7 Å². The molecule has 4 nitrogen and oxygen atoms in total. The van der Waals surface area contributed by atoms with E-state index in [0.717, 1.165) is 42.7 Å². The third-order valence-electron chi connectivity index (χ3n) is 4.58. The van der Waals surface area contributed by atoms with Crippen molar-refractivity contribution in [2.45, 2.75) is 30.6 Å². The van der Waals surface area contributed by atoms with Gasteiger partial charge in [-0.25, -0.2) is 4.39 Å². The number of guanidine groups is 1. The number of nitrogens with zero attached hydrogens (tertiary/aromatic N) is 1. The molecule has 2 rings (SSSR count). The molecule has 0 unspecified atom stereocenters. The normalized spacial score (nSPS) is 15.9. The largest absolute Gasteiger partial charge is 0.385 e. The highest BCUT2D eigenvalue weighted by molar-refractivity contribution is 14.0. The van der Waals surface area contributed by atoms with Gasteiger partial charge in [0.2, 0.25) is 0 Å². The smallest absolute Gasteiger partial charge is 0.191 e. The van der Waals surface area contributed by atoms with Crippen LogP contribution in [0.1, 0.15) is 25.7 Å². The van der Waals surface area contributed by atoms with Crippen molar-refractivity contribution in [2.75, 3.05) is 39.6 Å². The number of thioether (sulfide) groups is 1. The molecule has 0 spiro atoms. The molecule has 0 bridgehead atoms. The van der Waals surface area contributed by atoms with Gasteiger partial charge in [0.1, 0.15) is 5.82 Å². The van der Waals surface area contributed by atoms with E-state index < -0.39 is 0 Å². The van der Waals surface area contributed by atoms with Crippen LogP contribution in [0.3, 0.4) is 0 Å². The molecular weight excluding hydrogens is 452 g/mol. The Bertz CT molecular complexity index is 524. The standard InChI is InChI=1S/C18H28FN3OS.HI/c1-20-17(22-14-18(8-3-9-18)10-12-23-2)21-11-13-24-16-6-4-15(19)5-7-16;/h4-7H,3,8-14H2,1-2H3,(H2,20,21,22);1H. The van der Waals surface area contributed by atoms with Crippen molar-refractivity contribution >= 4 is 41.7 Å². The van der Waals surface area contributed by atoms with Gasteiger partial charge in [0, 0.05) is 44.5 Å². The molecule has 0 atom stereocenters. The number of hydrogen-bond acceptors (Lipinski definition) is 3. The molecule has 0 aliphatic heterocycles. The molecule has 25 heavy (non-hydrogen) atoms. The van der Waals surface area contributed by atoms with Crippen molar-refractivity contribution in [3.05, 3.63) is 30.1 Å². The van der Waals surface area contributed by atoms with Gasteiger partial charge in [-0.3, -0.25) is 4.99 Å². The Morgan fingerprint density at radius 1 is 1.28 bits per heavy atom. The van der Waals surface area contributed by atoms with E-state index in [1.807, 2.05) is 12.1 Å². The molecule has 1 aliphatic carbocycles. The van der Waals surface area contributed by atoms with Crippen LogP contribution < -0.4 is 10.6 Å². The van der Waals surface area contributed by atoms with E-state index >= 15 is 0 Å². The van der Waals surface area contributed by atoms with Gasteiger partial charge in [0.05, 0.1) is 0 Å². The zero-order valence-electron chi connectivity index (χ0n) is 15.0. The summed E-state index contributed by atoms with van der Waals surface area (Å²) in [4.78, 5) is 5.37. The van der Waals surface area contributed by atoms with Crippen molar-refractivity contribution in [3.8, 4) is 0 Å². The quantitative estimate of drug-likeness (QED) is 0.185. The third-order valence-corrected chi connectivity index (χ3v) is 5.60. The minimum Gasteiger partial charge on any atom is -0.385 e. The Kier molecular flexibility index (Phi) is 10.8. The van der Waals surface area contributed by atoms with Crippen LogP contribution in [0.2, 0.25) is 0 Å². The summed E-state index contributed by atoms with van der Waals surface area (Å²) in [7, 11) is 3.56. The van der Waals surface area contributed by atoms with E-state index in [1.165, 1.54) is 31.4 Å². The van der Waals surface area contributed by atoms with Gasteiger partial charge in [-0.05, 0) is 48.9 Å². The van der Waals surface area contributed by atoms with Crippen molar-refractivity contribution in [1.29, 1.82) is 0 Å². The van der Waals surface area contributed by atoms with Crippen molar-refractivity contribution < 1.29 is 9.13 Å². The summed E-state index contributed by atoms with van der Waals surface area (Å²) in [5.74, 6) is 1.56. The molecular formula is C18H29FIN3OS. The molecule has 1 aromatic rings. The lowest BCUT2D eigenvalue weighted by Gasteiger charge is -2.42. The molecule has 1 saturated carbocycles. The Labute approximate surface area is 171 Å². The van der Waals surface area contributed by atoms with Crippen LogP contribution in [-0.2, 0) is 4.74 Å². The zero-order chi connectivity index (χ0) is 17.3. The molecule has 1 aliphatic rings. The molecule has 142 valence electrons. The van der Waals surface area contributed by atoms with Crippen LogP contribution in [0, 0.1) is 11.2 Å². The maximum atomic E-state index is 12.9. The average Bonchev–Trinajstić information content (AvgIpc) is 2.57. The fraction of sp³-hybridized carbons (Fsp3) is 0.611. The van der Waals surface area contributed by atoms with Crippen molar-refractivity contribution in [1.82, 2.24) is 10.6 Å². The van der Waals surface area contributed by atoms with Gasteiger partial charge in [0.15, 0.2) is 5.96 Å². The van der Waals surface area contributed by atoms with Gasteiger partial charge in [-0.1, -0.05) is 6.42 Å². The summed E-state index contributed by atoms with van der Waals surface area (Å²) in [6.07, 6.45) is 4.95. The molecule has 7 heteroatoms.